The van der Waals surface area contributed by atoms with Crippen molar-refractivity contribution in [1.82, 2.24) is 4.98 Å². The van der Waals surface area contributed by atoms with Crippen molar-refractivity contribution in [3.05, 3.63) is 36.2 Å². The first-order valence-electron chi connectivity index (χ1n) is 4.26. The summed E-state index contributed by atoms with van der Waals surface area (Å²) in [7, 11) is 0. The van der Waals surface area contributed by atoms with E-state index < -0.39 is 0 Å². The fourth-order valence-corrected chi connectivity index (χ4v) is 1.06. The first kappa shape index (κ1) is 9.47. The van der Waals surface area contributed by atoms with Gasteiger partial charge in [-0.15, -0.1) is 0 Å². The quantitative estimate of drug-likeness (QED) is 0.643. The number of aromatic nitrogens is 1. The molecule has 0 unspecified atom stereocenters. The summed E-state index contributed by atoms with van der Waals surface area (Å²) >= 11 is 0. The van der Waals surface area contributed by atoms with Crippen molar-refractivity contribution in [3.63, 3.8) is 0 Å². The minimum absolute atomic E-state index is 0.391. The number of nitriles is 1. The Balaban J connectivity index is 3.00. The average Bonchev–Trinajstić information content (AvgIpc) is 2.15. The van der Waals surface area contributed by atoms with E-state index in [0.717, 1.165) is 11.1 Å². The molecule has 1 heterocycles. The van der Waals surface area contributed by atoms with E-state index in [0.29, 0.717) is 5.92 Å². The van der Waals surface area contributed by atoms with Crippen LogP contribution in [0.4, 0.5) is 0 Å². The number of pyridine rings is 1. The van der Waals surface area contributed by atoms with Crippen molar-refractivity contribution >= 4 is 5.57 Å². The van der Waals surface area contributed by atoms with E-state index in [1.807, 2.05) is 18.2 Å². The summed E-state index contributed by atoms with van der Waals surface area (Å²) in [6.45, 7) is 4.11. The predicted octanol–water partition coefficient (Wildman–Crippen LogP) is 2.64. The van der Waals surface area contributed by atoms with Gasteiger partial charge in [-0.2, -0.15) is 5.26 Å². The van der Waals surface area contributed by atoms with Crippen LogP contribution in [0.15, 0.2) is 30.6 Å². The number of hydrogen-bond donors (Lipinski definition) is 0. The zero-order valence-electron chi connectivity index (χ0n) is 7.86. The molecule has 0 fully saturated rings. The lowest BCUT2D eigenvalue weighted by Gasteiger charge is -1.99. The summed E-state index contributed by atoms with van der Waals surface area (Å²) in [4.78, 5) is 3.90. The van der Waals surface area contributed by atoms with E-state index in [-0.39, 0.29) is 0 Å². The Morgan fingerprint density at radius 3 is 2.54 bits per heavy atom. The highest BCUT2D eigenvalue weighted by Gasteiger charge is 1.99. The Morgan fingerprint density at radius 2 is 2.08 bits per heavy atom. The van der Waals surface area contributed by atoms with Crippen molar-refractivity contribution in [2.45, 2.75) is 13.8 Å². The van der Waals surface area contributed by atoms with Crippen molar-refractivity contribution in [3.8, 4) is 6.07 Å². The molecule has 0 radical (unpaired) electrons. The van der Waals surface area contributed by atoms with Crippen LogP contribution in [-0.4, -0.2) is 4.98 Å². The number of allylic oxidation sites excluding steroid dienone is 2. The third-order valence-electron chi connectivity index (χ3n) is 1.61. The Morgan fingerprint density at radius 1 is 1.46 bits per heavy atom. The lowest BCUT2D eigenvalue weighted by molar-refractivity contribution is 0.834. The minimum Gasteiger partial charge on any atom is -0.265 e. The van der Waals surface area contributed by atoms with Gasteiger partial charge in [0.05, 0.1) is 11.6 Å². The molecule has 0 saturated carbocycles. The summed E-state index contributed by atoms with van der Waals surface area (Å²) in [5.74, 6) is 0.391. The molecule has 1 rings (SSSR count). The van der Waals surface area contributed by atoms with Gasteiger partial charge in [-0.05, 0) is 23.6 Å². The second-order valence-corrected chi connectivity index (χ2v) is 3.17. The molecule has 0 saturated heterocycles. The highest BCUT2D eigenvalue weighted by molar-refractivity contribution is 5.76. The second-order valence-electron chi connectivity index (χ2n) is 3.17. The van der Waals surface area contributed by atoms with Crippen molar-refractivity contribution in [2.24, 2.45) is 5.92 Å². The molecule has 0 N–H and O–H groups in total. The second kappa shape index (κ2) is 4.42. The first-order valence-corrected chi connectivity index (χ1v) is 4.26. The van der Waals surface area contributed by atoms with Gasteiger partial charge in [-0.3, -0.25) is 4.98 Å². The summed E-state index contributed by atoms with van der Waals surface area (Å²) in [6, 6.07) is 5.87. The van der Waals surface area contributed by atoms with E-state index in [1.165, 1.54) is 0 Å². The monoisotopic (exact) mass is 172 g/mol. The molecular formula is C11H12N2. The maximum atomic E-state index is 8.89. The van der Waals surface area contributed by atoms with Gasteiger partial charge >= 0.3 is 0 Å². The lowest BCUT2D eigenvalue weighted by Crippen LogP contribution is -1.86. The molecule has 0 spiro atoms. The average molecular weight is 172 g/mol. The topological polar surface area (TPSA) is 36.7 Å². The van der Waals surface area contributed by atoms with Crippen LogP contribution < -0.4 is 0 Å². The van der Waals surface area contributed by atoms with Crippen molar-refractivity contribution in [2.75, 3.05) is 0 Å². The van der Waals surface area contributed by atoms with Crippen LogP contribution in [0, 0.1) is 17.2 Å². The maximum Gasteiger partial charge on any atom is 0.0994 e. The van der Waals surface area contributed by atoms with E-state index >= 15 is 0 Å². The summed E-state index contributed by atoms with van der Waals surface area (Å²) < 4.78 is 0. The molecule has 0 aromatic carbocycles. The molecule has 0 aliphatic heterocycles. The largest absolute Gasteiger partial charge is 0.265 e. The third kappa shape index (κ3) is 2.72. The van der Waals surface area contributed by atoms with Crippen LogP contribution in [0.25, 0.3) is 5.57 Å². The van der Waals surface area contributed by atoms with Gasteiger partial charge in [0.25, 0.3) is 0 Å². The van der Waals surface area contributed by atoms with Gasteiger partial charge in [0.2, 0.25) is 0 Å². The standard InChI is InChI=1S/C11H12N2/c1-9(2)7-11(8-12)10-3-5-13-6-4-10/h3-7,9H,1-2H3/b11-7+. The highest BCUT2D eigenvalue weighted by atomic mass is 14.6. The van der Waals surface area contributed by atoms with Crippen LogP contribution in [0.3, 0.4) is 0 Å². The Labute approximate surface area is 78.5 Å². The molecule has 13 heavy (non-hydrogen) atoms. The summed E-state index contributed by atoms with van der Waals surface area (Å²) in [5, 5.41) is 8.89. The van der Waals surface area contributed by atoms with Crippen LogP contribution in [0.5, 0.6) is 0 Å². The van der Waals surface area contributed by atoms with E-state index in [2.05, 4.69) is 24.9 Å². The fourth-order valence-electron chi connectivity index (χ4n) is 1.06. The third-order valence-corrected chi connectivity index (χ3v) is 1.61. The van der Waals surface area contributed by atoms with E-state index in [9.17, 15) is 0 Å². The molecule has 2 heteroatoms. The molecule has 1 aromatic rings. The maximum absolute atomic E-state index is 8.89. The van der Waals surface area contributed by atoms with Gasteiger partial charge in [-0.1, -0.05) is 19.9 Å². The first-order chi connectivity index (χ1) is 6.24. The number of hydrogen-bond acceptors (Lipinski definition) is 2. The highest BCUT2D eigenvalue weighted by Crippen LogP contribution is 2.14. The lowest BCUT2D eigenvalue weighted by atomic mass is 10.0. The summed E-state index contributed by atoms with van der Waals surface area (Å²) in [5.41, 5.74) is 1.66. The predicted molar refractivity (Wildman–Crippen MR) is 52.7 cm³/mol. The van der Waals surface area contributed by atoms with Gasteiger partial charge in [0, 0.05) is 12.4 Å². The molecule has 0 atom stereocenters. The molecule has 0 amide bonds. The van der Waals surface area contributed by atoms with Gasteiger partial charge < -0.3 is 0 Å². The van der Waals surface area contributed by atoms with Crippen LogP contribution >= 0.6 is 0 Å². The normalized spacial score (nSPS) is 11.4. The molecule has 0 bridgehead atoms. The molecule has 0 aliphatic carbocycles. The summed E-state index contributed by atoms with van der Waals surface area (Å²) in [6.07, 6.45) is 5.34. The Kier molecular flexibility index (Phi) is 3.22. The van der Waals surface area contributed by atoms with E-state index in [1.54, 1.807) is 12.4 Å². The van der Waals surface area contributed by atoms with E-state index in [4.69, 9.17) is 5.26 Å². The number of nitrogens with zero attached hydrogens (tertiary/aromatic N) is 2. The number of rotatable bonds is 2. The fraction of sp³-hybridized carbons (Fsp3) is 0.273. The molecule has 66 valence electrons. The van der Waals surface area contributed by atoms with Gasteiger partial charge in [0.1, 0.15) is 0 Å². The molecule has 0 aliphatic rings. The Bertz CT molecular complexity index is 331. The van der Waals surface area contributed by atoms with Crippen LogP contribution in [0.1, 0.15) is 19.4 Å². The van der Waals surface area contributed by atoms with Crippen molar-refractivity contribution < 1.29 is 0 Å². The zero-order chi connectivity index (χ0) is 9.68. The molecular weight excluding hydrogens is 160 g/mol. The molecule has 2 nitrogen and oxygen atoms in total. The van der Waals surface area contributed by atoms with Crippen LogP contribution in [-0.2, 0) is 0 Å². The smallest absolute Gasteiger partial charge is 0.0994 e. The SMILES string of the molecule is CC(C)/C=C(\C#N)c1ccncc1. The molecule has 1 aromatic heterocycles. The zero-order valence-corrected chi connectivity index (χ0v) is 7.86. The van der Waals surface area contributed by atoms with Crippen LogP contribution in [0.2, 0.25) is 0 Å². The van der Waals surface area contributed by atoms with Gasteiger partial charge in [-0.25, -0.2) is 0 Å². The Hall–Kier alpha value is -1.62. The van der Waals surface area contributed by atoms with Crippen molar-refractivity contribution in [1.29, 1.82) is 5.26 Å². The minimum atomic E-state index is 0.391. The van der Waals surface area contributed by atoms with Gasteiger partial charge in [0.15, 0.2) is 0 Å².